The summed E-state index contributed by atoms with van der Waals surface area (Å²) in [5.74, 6) is 0.703. The highest BCUT2D eigenvalue weighted by Gasteiger charge is 2.12. The summed E-state index contributed by atoms with van der Waals surface area (Å²) in [6.45, 7) is 6.54. The molecule has 26 heavy (non-hydrogen) atoms. The molecule has 10 heteroatoms. The first-order valence-electron chi connectivity index (χ1n) is 7.70. The molecule has 0 aliphatic carbocycles. The first-order chi connectivity index (χ1) is 12.5. The molecule has 0 radical (unpaired) electrons. The predicted molar refractivity (Wildman–Crippen MR) is 112 cm³/mol. The number of aromatic nitrogens is 3. The lowest BCUT2D eigenvalue weighted by molar-refractivity contribution is 0.269. The first kappa shape index (κ1) is 20.5. The largest absolute Gasteiger partial charge is 0.353 e. The van der Waals surface area contributed by atoms with Crippen molar-refractivity contribution in [3.63, 3.8) is 0 Å². The van der Waals surface area contributed by atoms with Crippen LogP contribution in [0.3, 0.4) is 0 Å². The average molecular weight is 458 g/mol. The van der Waals surface area contributed by atoms with Gasteiger partial charge in [0.1, 0.15) is 0 Å². The molecule has 0 saturated carbocycles. The summed E-state index contributed by atoms with van der Waals surface area (Å²) in [4.78, 5) is 24.3. The molecule has 1 heterocycles. The van der Waals surface area contributed by atoms with Crippen LogP contribution in [0.4, 0.5) is 22.4 Å². The second kappa shape index (κ2) is 10.3. The van der Waals surface area contributed by atoms with Crippen LogP contribution in [0.15, 0.2) is 41.4 Å². The highest BCUT2D eigenvalue weighted by molar-refractivity contribution is 9.10. The molecule has 0 spiro atoms. The Bertz CT molecular complexity index is 778. The van der Waals surface area contributed by atoms with Crippen LogP contribution in [0.1, 0.15) is 6.92 Å². The van der Waals surface area contributed by atoms with Gasteiger partial charge in [-0.3, -0.25) is 4.79 Å². The van der Waals surface area contributed by atoms with Crippen molar-refractivity contribution >= 4 is 62.1 Å². The number of para-hydroxylation sites is 1. The molecule has 1 atom stereocenters. The van der Waals surface area contributed by atoms with Gasteiger partial charge in [-0.15, -0.1) is 6.58 Å². The van der Waals surface area contributed by atoms with Crippen molar-refractivity contribution in [2.24, 2.45) is 0 Å². The Kier molecular flexibility index (Phi) is 8.14. The van der Waals surface area contributed by atoms with Gasteiger partial charge in [0.25, 0.3) is 5.24 Å². The number of carbonyl (C=O) groups is 1. The van der Waals surface area contributed by atoms with Crippen LogP contribution in [0.2, 0.25) is 5.28 Å². The van der Waals surface area contributed by atoms with Crippen molar-refractivity contribution in [1.82, 2.24) is 15.0 Å². The van der Waals surface area contributed by atoms with Crippen molar-refractivity contribution in [3.8, 4) is 0 Å². The Morgan fingerprint density at radius 3 is 2.69 bits per heavy atom. The van der Waals surface area contributed by atoms with Crippen LogP contribution in [0, 0.1) is 0 Å². The number of halogens is 2. The number of hydrogen-bond acceptors (Lipinski definition) is 7. The fraction of sp³-hybridized carbons (Fsp3) is 0.250. The molecule has 7 nitrogen and oxygen atoms in total. The van der Waals surface area contributed by atoms with Crippen molar-refractivity contribution in [2.45, 2.75) is 12.2 Å². The number of benzene rings is 1. The van der Waals surface area contributed by atoms with Crippen LogP contribution in [-0.2, 0) is 0 Å². The van der Waals surface area contributed by atoms with E-state index in [1.54, 1.807) is 6.08 Å². The predicted octanol–water partition coefficient (Wildman–Crippen LogP) is 4.65. The number of rotatable bonds is 8. The van der Waals surface area contributed by atoms with E-state index in [0.29, 0.717) is 25.0 Å². The third kappa shape index (κ3) is 6.81. The van der Waals surface area contributed by atoms with E-state index in [4.69, 9.17) is 11.6 Å². The van der Waals surface area contributed by atoms with Gasteiger partial charge in [0, 0.05) is 22.8 Å². The number of amides is 1. The number of anilines is 3. The zero-order valence-corrected chi connectivity index (χ0v) is 17.2. The molecule has 1 unspecified atom stereocenters. The number of thioether (sulfide) groups is 1. The van der Waals surface area contributed by atoms with Crippen molar-refractivity contribution < 1.29 is 4.79 Å². The molecule has 2 rings (SSSR count). The van der Waals surface area contributed by atoms with E-state index in [2.05, 4.69) is 53.4 Å². The SMILES string of the molecule is C=CCNc1nc(Cl)nc(NCC(C)SC(=O)Nc2ccccc2Br)n1. The topological polar surface area (TPSA) is 91.8 Å². The van der Waals surface area contributed by atoms with Crippen LogP contribution < -0.4 is 16.0 Å². The van der Waals surface area contributed by atoms with Gasteiger partial charge in [0.15, 0.2) is 0 Å². The molecule has 3 N–H and O–H groups in total. The van der Waals surface area contributed by atoms with E-state index in [0.717, 1.165) is 10.2 Å². The third-order valence-corrected chi connectivity index (χ3v) is 4.72. The molecule has 138 valence electrons. The second-order valence-corrected chi connectivity index (χ2v) is 7.73. The maximum Gasteiger partial charge on any atom is 0.283 e. The zero-order chi connectivity index (χ0) is 18.9. The van der Waals surface area contributed by atoms with E-state index in [1.165, 1.54) is 11.8 Å². The molecular formula is C16H18BrClN6OS. The van der Waals surface area contributed by atoms with Gasteiger partial charge in [-0.25, -0.2) is 0 Å². The van der Waals surface area contributed by atoms with Gasteiger partial charge in [-0.2, -0.15) is 15.0 Å². The third-order valence-electron chi connectivity index (χ3n) is 2.98. The average Bonchev–Trinajstić information content (AvgIpc) is 2.60. The molecular weight excluding hydrogens is 440 g/mol. The summed E-state index contributed by atoms with van der Waals surface area (Å²) in [7, 11) is 0. The lowest BCUT2D eigenvalue weighted by atomic mass is 10.3. The Morgan fingerprint density at radius 2 is 2.00 bits per heavy atom. The molecule has 0 fully saturated rings. The molecule has 0 aliphatic rings. The van der Waals surface area contributed by atoms with E-state index in [1.807, 2.05) is 31.2 Å². The summed E-state index contributed by atoms with van der Waals surface area (Å²) in [6, 6.07) is 7.44. The summed E-state index contributed by atoms with van der Waals surface area (Å²) in [5.41, 5.74) is 0.729. The van der Waals surface area contributed by atoms with Crippen LogP contribution in [-0.4, -0.2) is 38.5 Å². The Labute approximate surface area is 169 Å². The second-order valence-electron chi connectivity index (χ2n) is 5.12. The number of nitrogens with zero attached hydrogens (tertiary/aromatic N) is 3. The zero-order valence-electron chi connectivity index (χ0n) is 14.0. The Morgan fingerprint density at radius 1 is 1.31 bits per heavy atom. The van der Waals surface area contributed by atoms with Gasteiger partial charge in [-0.1, -0.05) is 36.9 Å². The summed E-state index contributed by atoms with van der Waals surface area (Å²) < 4.78 is 0.833. The fourth-order valence-corrected chi connectivity index (χ4v) is 3.08. The van der Waals surface area contributed by atoms with Gasteiger partial charge < -0.3 is 16.0 Å². The van der Waals surface area contributed by atoms with Gasteiger partial charge in [0.05, 0.1) is 5.69 Å². The smallest absolute Gasteiger partial charge is 0.283 e. The van der Waals surface area contributed by atoms with E-state index < -0.39 is 0 Å². The molecule has 1 amide bonds. The summed E-state index contributed by atoms with van der Waals surface area (Å²) in [6.07, 6.45) is 1.69. The summed E-state index contributed by atoms with van der Waals surface area (Å²) >= 11 is 10.5. The fourth-order valence-electron chi connectivity index (χ4n) is 1.83. The van der Waals surface area contributed by atoms with Gasteiger partial charge >= 0.3 is 0 Å². The van der Waals surface area contributed by atoms with E-state index in [9.17, 15) is 4.79 Å². The number of carbonyl (C=O) groups excluding carboxylic acids is 1. The highest BCUT2D eigenvalue weighted by Crippen LogP contribution is 2.24. The molecule has 1 aromatic heterocycles. The standard InChI is InChI=1S/C16H18BrClN6OS/c1-3-8-19-14-22-13(18)23-15(24-14)20-9-10(2)26-16(25)21-12-7-5-4-6-11(12)17/h3-7,10H,1,8-9H2,2H3,(H,21,25)(H2,19,20,22,23,24). The molecule has 1 aromatic carbocycles. The Balaban J connectivity index is 1.85. The van der Waals surface area contributed by atoms with Crippen LogP contribution >= 0.6 is 39.3 Å². The molecule has 0 saturated heterocycles. The van der Waals surface area contributed by atoms with Crippen LogP contribution in [0.25, 0.3) is 0 Å². The highest BCUT2D eigenvalue weighted by atomic mass is 79.9. The maximum absolute atomic E-state index is 12.1. The Hall–Kier alpha value is -1.84. The van der Waals surface area contributed by atoms with Crippen LogP contribution in [0.5, 0.6) is 0 Å². The van der Waals surface area contributed by atoms with E-state index in [-0.39, 0.29) is 15.8 Å². The first-order valence-corrected chi connectivity index (χ1v) is 9.75. The lowest BCUT2D eigenvalue weighted by Gasteiger charge is -2.13. The minimum absolute atomic E-state index is 0.0161. The molecule has 2 aromatic rings. The van der Waals surface area contributed by atoms with Crippen molar-refractivity contribution in [3.05, 3.63) is 46.7 Å². The van der Waals surface area contributed by atoms with E-state index >= 15 is 0 Å². The normalized spacial score (nSPS) is 11.5. The van der Waals surface area contributed by atoms with Crippen molar-refractivity contribution in [2.75, 3.05) is 29.0 Å². The summed E-state index contributed by atoms with van der Waals surface area (Å²) in [5, 5.41) is 8.78. The molecule has 0 bridgehead atoms. The minimum Gasteiger partial charge on any atom is -0.353 e. The van der Waals surface area contributed by atoms with Gasteiger partial charge in [0.2, 0.25) is 17.2 Å². The monoisotopic (exact) mass is 456 g/mol. The minimum atomic E-state index is -0.145. The maximum atomic E-state index is 12.1. The number of nitrogens with one attached hydrogen (secondary N) is 3. The quantitative estimate of drug-likeness (QED) is 0.497. The van der Waals surface area contributed by atoms with Gasteiger partial charge in [-0.05, 0) is 39.7 Å². The molecule has 0 aliphatic heterocycles. The van der Waals surface area contributed by atoms with Crippen molar-refractivity contribution in [1.29, 1.82) is 0 Å². The number of hydrogen-bond donors (Lipinski definition) is 3. The lowest BCUT2D eigenvalue weighted by Crippen LogP contribution is -2.19.